The van der Waals surface area contributed by atoms with Gasteiger partial charge in [0.25, 0.3) is 0 Å². The molecular formula is C11H9BrN2O2. The number of nitrogens with zero attached hydrogens (tertiary/aromatic N) is 2. The van der Waals surface area contributed by atoms with E-state index in [0.717, 1.165) is 15.7 Å². The Bertz CT molecular complexity index is 549. The number of aromatic carboxylic acids is 1. The van der Waals surface area contributed by atoms with Crippen LogP contribution in [0.15, 0.2) is 35.2 Å². The Morgan fingerprint density at radius 1 is 1.50 bits per heavy atom. The molecule has 4 nitrogen and oxygen atoms in total. The third-order valence-electron chi connectivity index (χ3n) is 2.25. The van der Waals surface area contributed by atoms with Crippen molar-refractivity contribution in [2.45, 2.75) is 6.92 Å². The molecule has 1 aromatic heterocycles. The van der Waals surface area contributed by atoms with Gasteiger partial charge in [-0.2, -0.15) is 0 Å². The molecule has 0 aliphatic carbocycles. The monoisotopic (exact) mass is 280 g/mol. The number of rotatable bonds is 2. The molecule has 0 spiro atoms. The first-order valence-electron chi connectivity index (χ1n) is 4.62. The van der Waals surface area contributed by atoms with Crippen LogP contribution in [0, 0.1) is 6.92 Å². The van der Waals surface area contributed by atoms with Crippen LogP contribution in [0.2, 0.25) is 0 Å². The SMILES string of the molecule is Cc1cccc(-n2cnc(C(=O)O)c2)c1Br. The number of hydrogen-bond donors (Lipinski definition) is 1. The molecule has 5 heteroatoms. The van der Waals surface area contributed by atoms with Gasteiger partial charge in [-0.05, 0) is 34.5 Å². The van der Waals surface area contributed by atoms with Crippen molar-refractivity contribution < 1.29 is 9.90 Å². The highest BCUT2D eigenvalue weighted by Crippen LogP contribution is 2.24. The zero-order valence-electron chi connectivity index (χ0n) is 8.51. The maximum Gasteiger partial charge on any atom is 0.356 e. The molecule has 2 aromatic rings. The Kier molecular flexibility index (Phi) is 2.78. The Balaban J connectivity index is 2.50. The Morgan fingerprint density at radius 3 is 2.88 bits per heavy atom. The number of hydrogen-bond acceptors (Lipinski definition) is 2. The fourth-order valence-corrected chi connectivity index (χ4v) is 1.87. The van der Waals surface area contributed by atoms with Crippen LogP contribution < -0.4 is 0 Å². The highest BCUT2D eigenvalue weighted by Gasteiger charge is 2.09. The maximum absolute atomic E-state index is 10.7. The van der Waals surface area contributed by atoms with Gasteiger partial charge < -0.3 is 9.67 Å². The smallest absolute Gasteiger partial charge is 0.356 e. The molecule has 0 radical (unpaired) electrons. The summed E-state index contributed by atoms with van der Waals surface area (Å²) in [6, 6.07) is 5.78. The third kappa shape index (κ3) is 1.86. The number of imidazole rings is 1. The van der Waals surface area contributed by atoms with Gasteiger partial charge >= 0.3 is 5.97 Å². The molecule has 0 bridgehead atoms. The van der Waals surface area contributed by atoms with E-state index in [1.54, 1.807) is 4.57 Å². The van der Waals surface area contributed by atoms with E-state index >= 15 is 0 Å². The molecular weight excluding hydrogens is 272 g/mol. The van der Waals surface area contributed by atoms with Crippen LogP contribution in [0.25, 0.3) is 5.69 Å². The molecule has 0 atom stereocenters. The molecule has 82 valence electrons. The zero-order valence-corrected chi connectivity index (χ0v) is 10.1. The van der Waals surface area contributed by atoms with Crippen molar-refractivity contribution in [3.8, 4) is 5.69 Å². The Morgan fingerprint density at radius 2 is 2.25 bits per heavy atom. The molecule has 0 saturated heterocycles. The van der Waals surface area contributed by atoms with Gasteiger partial charge in [0.15, 0.2) is 5.69 Å². The number of aryl methyl sites for hydroxylation is 1. The van der Waals surface area contributed by atoms with E-state index in [2.05, 4.69) is 20.9 Å². The summed E-state index contributed by atoms with van der Waals surface area (Å²) in [6.45, 7) is 1.97. The quantitative estimate of drug-likeness (QED) is 0.920. The highest BCUT2D eigenvalue weighted by molar-refractivity contribution is 9.10. The van der Waals surface area contributed by atoms with Crippen LogP contribution in [0.1, 0.15) is 16.1 Å². The molecule has 0 aliphatic rings. The molecule has 0 saturated carbocycles. The van der Waals surface area contributed by atoms with Crippen molar-refractivity contribution >= 4 is 21.9 Å². The second kappa shape index (κ2) is 4.09. The minimum atomic E-state index is -1.03. The summed E-state index contributed by atoms with van der Waals surface area (Å²) in [4.78, 5) is 14.5. The van der Waals surface area contributed by atoms with Gasteiger partial charge in [-0.1, -0.05) is 12.1 Å². The van der Waals surface area contributed by atoms with E-state index in [1.807, 2.05) is 25.1 Å². The van der Waals surface area contributed by atoms with E-state index < -0.39 is 5.97 Å². The zero-order chi connectivity index (χ0) is 11.7. The van der Waals surface area contributed by atoms with E-state index in [0.29, 0.717) is 0 Å². The standard InChI is InChI=1S/C11H9BrN2O2/c1-7-3-2-4-9(10(7)12)14-5-8(11(15)16)13-6-14/h2-6H,1H3,(H,15,16). The summed E-state index contributed by atoms with van der Waals surface area (Å²) < 4.78 is 2.62. The minimum absolute atomic E-state index is 0.0356. The van der Waals surface area contributed by atoms with E-state index in [4.69, 9.17) is 5.11 Å². The van der Waals surface area contributed by atoms with Gasteiger partial charge in [0, 0.05) is 10.7 Å². The van der Waals surface area contributed by atoms with Gasteiger partial charge in [-0.15, -0.1) is 0 Å². The van der Waals surface area contributed by atoms with Crippen LogP contribution in [-0.4, -0.2) is 20.6 Å². The molecule has 2 rings (SSSR count). The molecule has 0 amide bonds. The number of benzene rings is 1. The van der Waals surface area contributed by atoms with Gasteiger partial charge in [-0.3, -0.25) is 0 Å². The number of carbonyl (C=O) groups is 1. The molecule has 1 heterocycles. The maximum atomic E-state index is 10.7. The molecule has 1 N–H and O–H groups in total. The number of aromatic nitrogens is 2. The Labute approximate surface area is 101 Å². The fourth-order valence-electron chi connectivity index (χ4n) is 1.40. The van der Waals surface area contributed by atoms with E-state index in [9.17, 15) is 4.79 Å². The molecule has 0 aliphatic heterocycles. The van der Waals surface area contributed by atoms with Gasteiger partial charge in [0.05, 0.1) is 5.69 Å². The van der Waals surface area contributed by atoms with Crippen LogP contribution in [0.3, 0.4) is 0 Å². The van der Waals surface area contributed by atoms with Crippen LogP contribution >= 0.6 is 15.9 Å². The summed E-state index contributed by atoms with van der Waals surface area (Å²) in [6.07, 6.45) is 2.98. The third-order valence-corrected chi connectivity index (χ3v) is 3.28. The van der Waals surface area contributed by atoms with Crippen LogP contribution in [0.5, 0.6) is 0 Å². The topological polar surface area (TPSA) is 55.1 Å². The lowest BCUT2D eigenvalue weighted by molar-refractivity contribution is 0.0691. The summed E-state index contributed by atoms with van der Waals surface area (Å²) in [7, 11) is 0. The normalized spacial score (nSPS) is 10.4. The second-order valence-electron chi connectivity index (χ2n) is 3.38. The first kappa shape index (κ1) is 10.9. The van der Waals surface area contributed by atoms with Crippen molar-refractivity contribution in [1.82, 2.24) is 9.55 Å². The summed E-state index contributed by atoms with van der Waals surface area (Å²) in [5, 5.41) is 8.78. The summed E-state index contributed by atoms with van der Waals surface area (Å²) in [5.74, 6) is -1.03. The molecule has 0 unspecified atom stereocenters. The lowest BCUT2D eigenvalue weighted by Crippen LogP contribution is -1.96. The number of carboxylic acid groups (broad SMARTS) is 1. The van der Waals surface area contributed by atoms with Crippen molar-refractivity contribution in [3.05, 3.63) is 46.5 Å². The predicted molar refractivity (Wildman–Crippen MR) is 63.0 cm³/mol. The Hall–Kier alpha value is -1.62. The lowest BCUT2D eigenvalue weighted by Gasteiger charge is -2.06. The van der Waals surface area contributed by atoms with Crippen LogP contribution in [0.4, 0.5) is 0 Å². The van der Waals surface area contributed by atoms with Crippen LogP contribution in [-0.2, 0) is 0 Å². The van der Waals surface area contributed by atoms with Gasteiger partial charge in [-0.25, -0.2) is 9.78 Å². The molecule has 16 heavy (non-hydrogen) atoms. The van der Waals surface area contributed by atoms with E-state index in [-0.39, 0.29) is 5.69 Å². The van der Waals surface area contributed by atoms with Crippen molar-refractivity contribution in [2.24, 2.45) is 0 Å². The number of halogens is 1. The lowest BCUT2D eigenvalue weighted by atomic mass is 10.2. The van der Waals surface area contributed by atoms with Gasteiger partial charge in [0.1, 0.15) is 6.33 Å². The second-order valence-corrected chi connectivity index (χ2v) is 4.17. The van der Waals surface area contributed by atoms with Crippen molar-refractivity contribution in [1.29, 1.82) is 0 Å². The molecule has 0 fully saturated rings. The van der Waals surface area contributed by atoms with E-state index in [1.165, 1.54) is 12.5 Å². The average molecular weight is 281 g/mol. The molecule has 1 aromatic carbocycles. The van der Waals surface area contributed by atoms with Crippen molar-refractivity contribution in [2.75, 3.05) is 0 Å². The first-order chi connectivity index (χ1) is 7.59. The first-order valence-corrected chi connectivity index (χ1v) is 5.41. The largest absolute Gasteiger partial charge is 0.476 e. The summed E-state index contributed by atoms with van der Waals surface area (Å²) >= 11 is 3.47. The number of carboxylic acids is 1. The fraction of sp³-hybridized carbons (Fsp3) is 0.0909. The average Bonchev–Trinajstić information content (AvgIpc) is 2.71. The van der Waals surface area contributed by atoms with Crippen molar-refractivity contribution in [3.63, 3.8) is 0 Å². The van der Waals surface area contributed by atoms with Gasteiger partial charge in [0.2, 0.25) is 0 Å². The minimum Gasteiger partial charge on any atom is -0.476 e. The summed E-state index contributed by atoms with van der Waals surface area (Å²) in [5.41, 5.74) is 2.00. The predicted octanol–water partition coefficient (Wildman–Crippen LogP) is 2.64. The highest BCUT2D eigenvalue weighted by atomic mass is 79.9.